The van der Waals surface area contributed by atoms with Crippen LogP contribution in [0.1, 0.15) is 13.8 Å². The van der Waals surface area contributed by atoms with Gasteiger partial charge in [0.2, 0.25) is 0 Å². The Hall–Kier alpha value is -2.05. The minimum Gasteiger partial charge on any atom is -0.462 e. The lowest BCUT2D eigenvalue weighted by Gasteiger charge is -2.10. The number of aromatic nitrogens is 2. The number of nitrogens with two attached hydrogens (primary N) is 1. The number of rotatable bonds is 3. The van der Waals surface area contributed by atoms with E-state index in [0.717, 1.165) is 9.13 Å². The number of nitrogen functional groups attached to an aromatic ring is 1. The van der Waals surface area contributed by atoms with E-state index in [1.807, 2.05) is 0 Å². The number of carbonyl (C=O) groups excluding carboxylic acids is 1. The summed E-state index contributed by atoms with van der Waals surface area (Å²) in [6.45, 7) is 2.92. The lowest BCUT2D eigenvalue weighted by atomic mass is 10.4. The fourth-order valence-electron chi connectivity index (χ4n) is 1.32. The van der Waals surface area contributed by atoms with Gasteiger partial charge < -0.3 is 15.0 Å². The van der Waals surface area contributed by atoms with Crippen molar-refractivity contribution in [1.29, 1.82) is 0 Å². The standard InChI is InChI=1S/C10H15N3O4/c1-6(2)17-8(14)5-13-9(15)7(11)4-12(3)10(13)16/h4,6H,5,11H2,1-3H3. The zero-order valence-electron chi connectivity index (χ0n) is 9.97. The van der Waals surface area contributed by atoms with Gasteiger partial charge in [-0.15, -0.1) is 0 Å². The number of ether oxygens (including phenoxy) is 1. The first-order chi connectivity index (χ1) is 7.82. The van der Waals surface area contributed by atoms with Crippen LogP contribution in [0.15, 0.2) is 15.8 Å². The Kier molecular flexibility index (Phi) is 3.72. The van der Waals surface area contributed by atoms with Gasteiger partial charge in [0, 0.05) is 13.2 Å². The van der Waals surface area contributed by atoms with E-state index in [1.54, 1.807) is 13.8 Å². The van der Waals surface area contributed by atoms with Crippen LogP contribution < -0.4 is 17.0 Å². The van der Waals surface area contributed by atoms with E-state index in [0.29, 0.717) is 0 Å². The molecule has 0 fully saturated rings. The topological polar surface area (TPSA) is 96.3 Å². The number of carbonyl (C=O) groups is 1. The highest BCUT2D eigenvalue weighted by Crippen LogP contribution is 1.92. The van der Waals surface area contributed by atoms with E-state index in [1.165, 1.54) is 13.2 Å². The molecule has 0 bridgehead atoms. The van der Waals surface area contributed by atoms with Crippen LogP contribution in [0.3, 0.4) is 0 Å². The zero-order valence-corrected chi connectivity index (χ0v) is 9.97. The minimum atomic E-state index is -0.686. The highest BCUT2D eigenvalue weighted by atomic mass is 16.5. The predicted octanol–water partition coefficient (Wildman–Crippen LogP) is -0.919. The molecule has 7 heteroatoms. The molecule has 0 radical (unpaired) electrons. The summed E-state index contributed by atoms with van der Waals surface area (Å²) in [5.41, 5.74) is 4.04. The van der Waals surface area contributed by atoms with Crippen molar-refractivity contribution in [2.75, 3.05) is 5.73 Å². The highest BCUT2D eigenvalue weighted by Gasteiger charge is 2.13. The van der Waals surface area contributed by atoms with Crippen molar-refractivity contribution in [3.8, 4) is 0 Å². The molecule has 0 amide bonds. The summed E-state index contributed by atoms with van der Waals surface area (Å²) in [5.74, 6) is -0.648. The fraction of sp³-hybridized carbons (Fsp3) is 0.500. The Balaban J connectivity index is 3.11. The van der Waals surface area contributed by atoms with Gasteiger partial charge in [0.15, 0.2) is 0 Å². The summed E-state index contributed by atoms with van der Waals surface area (Å²) in [4.78, 5) is 34.6. The molecule has 1 aromatic rings. The summed E-state index contributed by atoms with van der Waals surface area (Å²) >= 11 is 0. The maximum atomic E-state index is 11.6. The Labute approximate surface area is 97.4 Å². The SMILES string of the molecule is CC(C)OC(=O)Cn1c(=O)c(N)cn(C)c1=O. The Bertz CT molecular complexity index is 507. The van der Waals surface area contributed by atoms with Gasteiger partial charge in [0.25, 0.3) is 5.56 Å². The molecule has 0 aromatic carbocycles. The minimum absolute atomic E-state index is 0.0931. The quantitative estimate of drug-likeness (QED) is 0.690. The molecule has 0 atom stereocenters. The number of hydrogen-bond acceptors (Lipinski definition) is 5. The first kappa shape index (κ1) is 13.0. The smallest absolute Gasteiger partial charge is 0.331 e. The average Bonchev–Trinajstić information content (AvgIpc) is 2.20. The van der Waals surface area contributed by atoms with Gasteiger partial charge in [-0.3, -0.25) is 9.59 Å². The lowest BCUT2D eigenvalue weighted by molar-refractivity contribution is -0.148. The molecule has 0 saturated carbocycles. The Morgan fingerprint density at radius 2 is 2.06 bits per heavy atom. The van der Waals surface area contributed by atoms with Gasteiger partial charge in [-0.1, -0.05) is 0 Å². The van der Waals surface area contributed by atoms with Crippen LogP contribution in [0.5, 0.6) is 0 Å². The van der Waals surface area contributed by atoms with E-state index in [9.17, 15) is 14.4 Å². The summed E-state index contributed by atoms with van der Waals surface area (Å²) in [5, 5.41) is 0. The molecule has 17 heavy (non-hydrogen) atoms. The average molecular weight is 241 g/mol. The van der Waals surface area contributed by atoms with Crippen LogP contribution in [0, 0.1) is 0 Å². The van der Waals surface area contributed by atoms with Crippen molar-refractivity contribution in [2.24, 2.45) is 7.05 Å². The molecule has 0 aliphatic heterocycles. The molecule has 94 valence electrons. The molecule has 2 N–H and O–H groups in total. The van der Waals surface area contributed by atoms with Crippen LogP contribution in [0.4, 0.5) is 5.69 Å². The van der Waals surface area contributed by atoms with Gasteiger partial charge in [-0.05, 0) is 13.8 Å². The third-order valence-corrected chi connectivity index (χ3v) is 2.01. The molecule has 1 rings (SSSR count). The van der Waals surface area contributed by atoms with Crippen molar-refractivity contribution in [1.82, 2.24) is 9.13 Å². The number of esters is 1. The largest absolute Gasteiger partial charge is 0.462 e. The molecule has 7 nitrogen and oxygen atoms in total. The molecular formula is C10H15N3O4. The molecule has 0 aliphatic carbocycles. The third-order valence-electron chi connectivity index (χ3n) is 2.01. The predicted molar refractivity (Wildman–Crippen MR) is 61.6 cm³/mol. The van der Waals surface area contributed by atoms with Gasteiger partial charge in [-0.25, -0.2) is 9.36 Å². The maximum Gasteiger partial charge on any atom is 0.331 e. The van der Waals surface area contributed by atoms with E-state index in [2.05, 4.69) is 0 Å². The molecule has 1 aromatic heterocycles. The van der Waals surface area contributed by atoms with Crippen molar-refractivity contribution in [3.05, 3.63) is 27.0 Å². The lowest BCUT2D eigenvalue weighted by Crippen LogP contribution is -2.41. The van der Waals surface area contributed by atoms with Crippen LogP contribution in [0.25, 0.3) is 0 Å². The molecular weight excluding hydrogens is 226 g/mol. The maximum absolute atomic E-state index is 11.6. The zero-order chi connectivity index (χ0) is 13.2. The van der Waals surface area contributed by atoms with Gasteiger partial charge in [0.05, 0.1) is 6.10 Å². The van der Waals surface area contributed by atoms with E-state index >= 15 is 0 Å². The number of hydrogen-bond donors (Lipinski definition) is 1. The van der Waals surface area contributed by atoms with Gasteiger partial charge in [0.1, 0.15) is 12.2 Å². The molecule has 0 unspecified atom stereocenters. The van der Waals surface area contributed by atoms with Crippen molar-refractivity contribution < 1.29 is 9.53 Å². The number of anilines is 1. The van der Waals surface area contributed by atoms with Crippen LogP contribution in [-0.4, -0.2) is 21.2 Å². The molecule has 0 spiro atoms. The van der Waals surface area contributed by atoms with Crippen molar-refractivity contribution >= 4 is 11.7 Å². The van der Waals surface area contributed by atoms with Crippen LogP contribution >= 0.6 is 0 Å². The summed E-state index contributed by atoms with van der Waals surface area (Å²) < 4.78 is 6.74. The van der Waals surface area contributed by atoms with E-state index in [-0.39, 0.29) is 11.8 Å². The van der Waals surface area contributed by atoms with Crippen molar-refractivity contribution in [2.45, 2.75) is 26.5 Å². The molecule has 0 saturated heterocycles. The second-order valence-electron chi connectivity index (χ2n) is 3.91. The van der Waals surface area contributed by atoms with E-state index in [4.69, 9.17) is 10.5 Å². The second-order valence-corrected chi connectivity index (χ2v) is 3.91. The molecule has 1 heterocycles. The van der Waals surface area contributed by atoms with E-state index < -0.39 is 23.8 Å². The molecule has 0 aliphatic rings. The van der Waals surface area contributed by atoms with Crippen LogP contribution in [-0.2, 0) is 23.1 Å². The fourth-order valence-corrected chi connectivity index (χ4v) is 1.32. The second kappa shape index (κ2) is 4.86. The normalized spacial score (nSPS) is 10.6. The summed E-state index contributed by atoms with van der Waals surface area (Å²) in [6.07, 6.45) is 0.915. The Morgan fingerprint density at radius 3 is 2.59 bits per heavy atom. The number of aryl methyl sites for hydroxylation is 1. The van der Waals surface area contributed by atoms with Gasteiger partial charge >= 0.3 is 11.7 Å². The Morgan fingerprint density at radius 1 is 1.47 bits per heavy atom. The first-order valence-corrected chi connectivity index (χ1v) is 5.08. The van der Waals surface area contributed by atoms with Crippen LogP contribution in [0.2, 0.25) is 0 Å². The monoisotopic (exact) mass is 241 g/mol. The first-order valence-electron chi connectivity index (χ1n) is 5.08. The summed E-state index contributed by atoms with van der Waals surface area (Å²) in [7, 11) is 1.45. The third kappa shape index (κ3) is 2.96. The van der Waals surface area contributed by atoms with Crippen molar-refractivity contribution in [3.63, 3.8) is 0 Å². The highest BCUT2D eigenvalue weighted by molar-refractivity contribution is 5.69. The van der Waals surface area contributed by atoms with Gasteiger partial charge in [-0.2, -0.15) is 0 Å². The number of nitrogens with zero attached hydrogens (tertiary/aromatic N) is 2. The summed E-state index contributed by atoms with van der Waals surface area (Å²) in [6, 6.07) is 0.